The van der Waals surface area contributed by atoms with E-state index in [0.717, 1.165) is 17.1 Å². The third-order valence-corrected chi connectivity index (χ3v) is 4.58. The Balaban J connectivity index is 1.85. The van der Waals surface area contributed by atoms with Crippen molar-refractivity contribution in [2.75, 3.05) is 17.7 Å². The van der Waals surface area contributed by atoms with Crippen LogP contribution in [0.25, 0.3) is 11.0 Å². The van der Waals surface area contributed by atoms with E-state index in [9.17, 15) is 0 Å². The average molecular weight is 274 g/mol. The minimum absolute atomic E-state index is 0.297. The molecule has 1 fully saturated rings. The predicted molar refractivity (Wildman–Crippen MR) is 80.5 cm³/mol. The number of anilines is 2. The minimum Gasteiger partial charge on any atom is -0.368 e. The zero-order valence-electron chi connectivity index (χ0n) is 12.1. The molecule has 2 aromatic heterocycles. The van der Waals surface area contributed by atoms with Gasteiger partial charge in [0.15, 0.2) is 5.65 Å². The van der Waals surface area contributed by atoms with Gasteiger partial charge in [0.2, 0.25) is 5.95 Å². The van der Waals surface area contributed by atoms with Crippen LogP contribution >= 0.6 is 0 Å². The Kier molecular flexibility index (Phi) is 3.46. The van der Waals surface area contributed by atoms with Crippen molar-refractivity contribution in [3.8, 4) is 0 Å². The lowest BCUT2D eigenvalue weighted by molar-refractivity contribution is 0.313. The maximum Gasteiger partial charge on any atom is 0.224 e. The molecule has 6 nitrogen and oxygen atoms in total. The van der Waals surface area contributed by atoms with Gasteiger partial charge in [-0.3, -0.25) is 5.10 Å². The number of aromatic amines is 1. The maximum absolute atomic E-state index is 5.80. The summed E-state index contributed by atoms with van der Waals surface area (Å²) >= 11 is 0. The summed E-state index contributed by atoms with van der Waals surface area (Å²) in [6.07, 6.45) is 8.12. The van der Waals surface area contributed by atoms with Gasteiger partial charge >= 0.3 is 0 Å². The van der Waals surface area contributed by atoms with Gasteiger partial charge in [-0.2, -0.15) is 15.1 Å². The summed E-state index contributed by atoms with van der Waals surface area (Å²) in [6.45, 7) is 2.29. The molecular weight excluding hydrogens is 252 g/mol. The lowest BCUT2D eigenvalue weighted by Gasteiger charge is -2.35. The van der Waals surface area contributed by atoms with Crippen molar-refractivity contribution < 1.29 is 0 Å². The monoisotopic (exact) mass is 274 g/mol. The highest BCUT2D eigenvalue weighted by atomic mass is 15.2. The smallest absolute Gasteiger partial charge is 0.224 e. The van der Waals surface area contributed by atoms with E-state index in [1.165, 1.54) is 32.1 Å². The lowest BCUT2D eigenvalue weighted by Crippen LogP contribution is -2.35. The molecule has 6 heteroatoms. The topological polar surface area (TPSA) is 83.7 Å². The van der Waals surface area contributed by atoms with Crippen molar-refractivity contribution >= 4 is 22.8 Å². The molecule has 1 saturated carbocycles. The fraction of sp³-hybridized carbons (Fsp3) is 0.643. The summed E-state index contributed by atoms with van der Waals surface area (Å²) in [5.74, 6) is 2.08. The third-order valence-electron chi connectivity index (χ3n) is 4.58. The van der Waals surface area contributed by atoms with Gasteiger partial charge in [-0.1, -0.05) is 13.3 Å². The number of hydrogen-bond acceptors (Lipinski definition) is 5. The molecule has 0 saturated heterocycles. The van der Waals surface area contributed by atoms with Crippen molar-refractivity contribution in [1.82, 2.24) is 20.2 Å². The number of H-pyrrole nitrogens is 1. The molecule has 20 heavy (non-hydrogen) atoms. The molecule has 0 bridgehead atoms. The summed E-state index contributed by atoms with van der Waals surface area (Å²) in [4.78, 5) is 10.8. The first-order valence-corrected chi connectivity index (χ1v) is 7.38. The number of nitrogens with two attached hydrogens (primary N) is 1. The van der Waals surface area contributed by atoms with Crippen LogP contribution in [-0.4, -0.2) is 33.3 Å². The molecule has 1 aliphatic carbocycles. The number of fused-ring (bicyclic) bond motifs is 1. The highest BCUT2D eigenvalue weighted by Crippen LogP contribution is 2.32. The second-order valence-electron chi connectivity index (χ2n) is 5.73. The van der Waals surface area contributed by atoms with Crippen LogP contribution in [0.4, 0.5) is 11.8 Å². The number of hydrogen-bond donors (Lipinski definition) is 2. The summed E-state index contributed by atoms with van der Waals surface area (Å²) in [5, 5.41) is 7.86. The van der Waals surface area contributed by atoms with Gasteiger partial charge in [0.1, 0.15) is 5.82 Å². The van der Waals surface area contributed by atoms with Crippen LogP contribution in [0.1, 0.15) is 39.0 Å². The third kappa shape index (κ3) is 2.30. The fourth-order valence-electron chi connectivity index (χ4n) is 3.22. The van der Waals surface area contributed by atoms with E-state index in [-0.39, 0.29) is 0 Å². The van der Waals surface area contributed by atoms with Gasteiger partial charge in [-0.25, -0.2) is 0 Å². The standard InChI is InChI=1S/C14H22N6/c1-3-9-4-6-10(7-5-9)20(2)13-11-8-16-19-12(11)17-14(15)18-13/h8-10H,3-7H2,1-2H3,(H3,15,16,17,18,19). The zero-order valence-corrected chi connectivity index (χ0v) is 12.1. The zero-order chi connectivity index (χ0) is 14.1. The van der Waals surface area contributed by atoms with E-state index in [1.54, 1.807) is 6.20 Å². The Morgan fingerprint density at radius 3 is 2.75 bits per heavy atom. The molecule has 2 aromatic rings. The van der Waals surface area contributed by atoms with Crippen molar-refractivity contribution in [2.45, 2.75) is 45.1 Å². The molecule has 0 aromatic carbocycles. The van der Waals surface area contributed by atoms with E-state index in [4.69, 9.17) is 5.73 Å². The Bertz CT molecular complexity index is 584. The highest BCUT2D eigenvalue weighted by Gasteiger charge is 2.25. The first-order chi connectivity index (χ1) is 9.69. The van der Waals surface area contributed by atoms with E-state index in [2.05, 4.69) is 39.0 Å². The van der Waals surface area contributed by atoms with Crippen LogP contribution in [0.15, 0.2) is 6.20 Å². The Morgan fingerprint density at radius 2 is 2.05 bits per heavy atom. The van der Waals surface area contributed by atoms with E-state index in [1.807, 2.05) is 0 Å². The van der Waals surface area contributed by atoms with Crippen LogP contribution in [-0.2, 0) is 0 Å². The lowest BCUT2D eigenvalue weighted by atomic mass is 9.84. The molecule has 0 unspecified atom stereocenters. The molecule has 0 radical (unpaired) electrons. The molecule has 0 atom stereocenters. The number of nitrogen functional groups attached to an aromatic ring is 1. The van der Waals surface area contributed by atoms with Crippen LogP contribution in [0.5, 0.6) is 0 Å². The number of rotatable bonds is 3. The summed E-state index contributed by atoms with van der Waals surface area (Å²) in [5.41, 5.74) is 6.51. The minimum atomic E-state index is 0.297. The van der Waals surface area contributed by atoms with Crippen LogP contribution in [0.3, 0.4) is 0 Å². The largest absolute Gasteiger partial charge is 0.368 e. The van der Waals surface area contributed by atoms with Crippen molar-refractivity contribution in [3.05, 3.63) is 6.20 Å². The molecule has 0 aliphatic heterocycles. The van der Waals surface area contributed by atoms with E-state index < -0.39 is 0 Å². The van der Waals surface area contributed by atoms with E-state index >= 15 is 0 Å². The average Bonchev–Trinajstić information content (AvgIpc) is 2.94. The Hall–Kier alpha value is -1.85. The fourth-order valence-corrected chi connectivity index (χ4v) is 3.22. The maximum atomic E-state index is 5.80. The summed E-state index contributed by atoms with van der Waals surface area (Å²) in [6, 6.07) is 0.533. The number of aromatic nitrogens is 4. The molecule has 0 amide bonds. The number of nitrogens with one attached hydrogen (secondary N) is 1. The SMILES string of the molecule is CCC1CCC(N(C)c2nc(N)nc3[nH]ncc23)CC1. The number of nitrogens with zero attached hydrogens (tertiary/aromatic N) is 4. The quantitative estimate of drug-likeness (QED) is 0.897. The molecule has 3 rings (SSSR count). The molecule has 3 N–H and O–H groups in total. The van der Waals surface area contributed by atoms with Crippen LogP contribution in [0.2, 0.25) is 0 Å². The highest BCUT2D eigenvalue weighted by molar-refractivity contribution is 5.87. The second-order valence-corrected chi connectivity index (χ2v) is 5.73. The molecule has 2 heterocycles. The van der Waals surface area contributed by atoms with E-state index in [0.29, 0.717) is 17.6 Å². The molecule has 1 aliphatic rings. The van der Waals surface area contributed by atoms with Gasteiger partial charge < -0.3 is 10.6 Å². The van der Waals surface area contributed by atoms with Crippen molar-refractivity contribution in [1.29, 1.82) is 0 Å². The summed E-state index contributed by atoms with van der Waals surface area (Å²) < 4.78 is 0. The molecular formula is C14H22N6. The Labute approximate surface area is 118 Å². The van der Waals surface area contributed by atoms with Gasteiger partial charge in [0, 0.05) is 13.1 Å². The predicted octanol–water partition coefficient (Wildman–Crippen LogP) is 2.34. The summed E-state index contributed by atoms with van der Waals surface area (Å²) in [7, 11) is 2.10. The second kappa shape index (κ2) is 5.26. The van der Waals surface area contributed by atoms with Crippen molar-refractivity contribution in [2.24, 2.45) is 5.92 Å². The van der Waals surface area contributed by atoms with Crippen molar-refractivity contribution in [3.63, 3.8) is 0 Å². The van der Waals surface area contributed by atoms with Crippen LogP contribution in [0, 0.1) is 5.92 Å². The normalized spacial score (nSPS) is 23.1. The Morgan fingerprint density at radius 1 is 1.30 bits per heavy atom. The first-order valence-electron chi connectivity index (χ1n) is 7.38. The van der Waals surface area contributed by atoms with Crippen LogP contribution < -0.4 is 10.6 Å². The van der Waals surface area contributed by atoms with Gasteiger partial charge in [0.25, 0.3) is 0 Å². The molecule has 0 spiro atoms. The van der Waals surface area contributed by atoms with Gasteiger partial charge in [0.05, 0.1) is 11.6 Å². The van der Waals surface area contributed by atoms with Gasteiger partial charge in [-0.05, 0) is 31.6 Å². The molecule has 108 valence electrons. The van der Waals surface area contributed by atoms with Gasteiger partial charge in [-0.15, -0.1) is 0 Å². The first kappa shape index (κ1) is 13.1.